The van der Waals surface area contributed by atoms with Crippen LogP contribution in [0.15, 0.2) is 221 Å². The van der Waals surface area contributed by atoms with Crippen molar-refractivity contribution in [3.63, 3.8) is 0 Å². The van der Waals surface area contributed by atoms with Crippen LogP contribution in [0.3, 0.4) is 0 Å². The van der Waals surface area contributed by atoms with Gasteiger partial charge in [-0.25, -0.2) is 0 Å². The highest BCUT2D eigenvalue weighted by atomic mass is 16.3. The fourth-order valence-corrected chi connectivity index (χ4v) is 8.98. The summed E-state index contributed by atoms with van der Waals surface area (Å²) < 4.78 is 12.5. The van der Waals surface area contributed by atoms with Crippen LogP contribution in [0.25, 0.3) is 98.8 Å². The van der Waals surface area contributed by atoms with Gasteiger partial charge in [-0.2, -0.15) is 0 Å². The van der Waals surface area contributed by atoms with E-state index in [-0.39, 0.29) is 0 Å². The SMILES string of the molecule is c1ccc(N(c2ccc3ccccc3c2)c2ccc(-c3cc(-c4ccc5oc6ccccc6c5c4)cc(-c4ccc5oc6ccccc6c5c4)c3)c3ccccc23)cc1. The van der Waals surface area contributed by atoms with Crippen LogP contribution in [0.5, 0.6) is 0 Å². The van der Waals surface area contributed by atoms with E-state index in [1.54, 1.807) is 0 Å². The maximum atomic E-state index is 6.25. The molecule has 0 spiro atoms. The van der Waals surface area contributed by atoms with Gasteiger partial charge in [0.2, 0.25) is 0 Å². The van der Waals surface area contributed by atoms with Crippen molar-refractivity contribution >= 4 is 82.5 Å². The van der Waals surface area contributed by atoms with Gasteiger partial charge in [-0.3, -0.25) is 0 Å². The molecule has 3 nitrogen and oxygen atoms in total. The summed E-state index contributed by atoms with van der Waals surface area (Å²) in [6, 6.07) is 76.1. The molecule has 0 aliphatic rings. The molecule has 0 amide bonds. The zero-order chi connectivity index (χ0) is 38.9. The van der Waals surface area contributed by atoms with Crippen LogP contribution in [-0.2, 0) is 0 Å². The Kier molecular flexibility index (Phi) is 7.54. The largest absolute Gasteiger partial charge is 0.456 e. The van der Waals surface area contributed by atoms with Gasteiger partial charge in [0.1, 0.15) is 22.3 Å². The number of para-hydroxylation sites is 3. The smallest absolute Gasteiger partial charge is 0.135 e. The summed E-state index contributed by atoms with van der Waals surface area (Å²) in [5, 5.41) is 9.25. The molecule has 0 radical (unpaired) electrons. The third kappa shape index (κ3) is 5.59. The van der Waals surface area contributed by atoms with Crippen LogP contribution < -0.4 is 4.90 Å². The summed E-state index contributed by atoms with van der Waals surface area (Å²) in [4.78, 5) is 2.38. The minimum absolute atomic E-state index is 0.889. The van der Waals surface area contributed by atoms with Gasteiger partial charge in [-0.15, -0.1) is 0 Å². The highest BCUT2D eigenvalue weighted by molar-refractivity contribution is 6.10. The second-order valence-corrected chi connectivity index (χ2v) is 15.3. The van der Waals surface area contributed by atoms with E-state index in [0.29, 0.717) is 0 Å². The standard InChI is InChI=1S/C56H35NO2/c1-2-14-43(15-3-1)57(44-25-22-36-12-4-5-13-37(36)33-44)52-27-26-45(46-16-6-7-17-47(46)52)42-31-40(38-23-28-55-50(34-38)48-18-8-10-20-53(48)58-55)30-41(32-42)39-24-29-56-51(35-39)49-19-9-11-21-54(49)59-56/h1-35H. The molecule has 0 atom stereocenters. The molecule has 10 aromatic carbocycles. The van der Waals surface area contributed by atoms with Gasteiger partial charge in [0.15, 0.2) is 0 Å². The molecule has 0 saturated carbocycles. The fraction of sp³-hybridized carbons (Fsp3) is 0. The molecular weight excluding hydrogens is 719 g/mol. The van der Waals surface area contributed by atoms with Gasteiger partial charge in [-0.1, -0.05) is 127 Å². The van der Waals surface area contributed by atoms with Crippen LogP contribution in [0.2, 0.25) is 0 Å². The molecule has 3 heteroatoms. The lowest BCUT2D eigenvalue weighted by Crippen LogP contribution is -2.10. The molecule has 0 aliphatic heterocycles. The van der Waals surface area contributed by atoms with Gasteiger partial charge in [-0.05, 0) is 134 Å². The summed E-state index contributed by atoms with van der Waals surface area (Å²) >= 11 is 0. The number of furan rings is 2. The van der Waals surface area contributed by atoms with Crippen LogP contribution in [0, 0.1) is 0 Å². The van der Waals surface area contributed by atoms with Gasteiger partial charge < -0.3 is 13.7 Å². The molecule has 2 aromatic heterocycles. The molecule has 276 valence electrons. The number of rotatable bonds is 6. The second-order valence-electron chi connectivity index (χ2n) is 15.3. The van der Waals surface area contributed by atoms with Crippen molar-refractivity contribution in [1.29, 1.82) is 0 Å². The maximum absolute atomic E-state index is 6.25. The minimum Gasteiger partial charge on any atom is -0.456 e. The summed E-state index contributed by atoms with van der Waals surface area (Å²) in [5.74, 6) is 0. The second kappa shape index (κ2) is 13.4. The fourth-order valence-electron chi connectivity index (χ4n) is 8.98. The van der Waals surface area contributed by atoms with E-state index in [4.69, 9.17) is 8.83 Å². The zero-order valence-electron chi connectivity index (χ0n) is 32.0. The molecular formula is C56H35NO2. The van der Waals surface area contributed by atoms with Crippen molar-refractivity contribution < 1.29 is 8.83 Å². The first-order chi connectivity index (χ1) is 29.2. The average molecular weight is 754 g/mol. The molecule has 0 unspecified atom stereocenters. The Morgan fingerprint density at radius 3 is 1.46 bits per heavy atom. The Bertz CT molecular complexity index is 3440. The van der Waals surface area contributed by atoms with Crippen LogP contribution in [0.1, 0.15) is 0 Å². The first kappa shape index (κ1) is 33.3. The van der Waals surface area contributed by atoms with Crippen molar-refractivity contribution in [2.24, 2.45) is 0 Å². The van der Waals surface area contributed by atoms with Crippen LogP contribution in [-0.4, -0.2) is 0 Å². The number of anilines is 3. The molecule has 12 aromatic rings. The lowest BCUT2D eigenvalue weighted by atomic mass is 9.90. The molecule has 59 heavy (non-hydrogen) atoms. The Morgan fingerprint density at radius 2 is 0.797 bits per heavy atom. The van der Waals surface area contributed by atoms with Crippen molar-refractivity contribution in [2.45, 2.75) is 0 Å². The van der Waals surface area contributed by atoms with Gasteiger partial charge in [0.05, 0.1) is 5.69 Å². The van der Waals surface area contributed by atoms with E-state index >= 15 is 0 Å². The molecule has 0 saturated heterocycles. The number of nitrogens with zero attached hydrogens (tertiary/aromatic N) is 1. The van der Waals surface area contributed by atoms with E-state index in [0.717, 1.165) is 88.8 Å². The van der Waals surface area contributed by atoms with Gasteiger partial charge >= 0.3 is 0 Å². The molecule has 0 N–H and O–H groups in total. The third-order valence-corrected chi connectivity index (χ3v) is 11.8. The van der Waals surface area contributed by atoms with E-state index in [1.807, 2.05) is 24.3 Å². The average Bonchev–Trinajstić information content (AvgIpc) is 3.87. The molecule has 0 fully saturated rings. The summed E-state index contributed by atoms with van der Waals surface area (Å²) in [5.41, 5.74) is 13.8. The predicted octanol–water partition coefficient (Wildman–Crippen LogP) is 16.3. The monoisotopic (exact) mass is 753 g/mol. The highest BCUT2D eigenvalue weighted by Gasteiger charge is 2.19. The predicted molar refractivity (Wildman–Crippen MR) is 247 cm³/mol. The Balaban J connectivity index is 1.07. The number of fused-ring (bicyclic) bond motifs is 8. The topological polar surface area (TPSA) is 29.5 Å². The molecule has 0 bridgehead atoms. The number of benzene rings is 10. The first-order valence-corrected chi connectivity index (χ1v) is 20.1. The van der Waals surface area contributed by atoms with E-state index in [1.165, 1.54) is 27.1 Å². The highest BCUT2D eigenvalue weighted by Crippen LogP contribution is 2.45. The van der Waals surface area contributed by atoms with Gasteiger partial charge in [0, 0.05) is 38.3 Å². The van der Waals surface area contributed by atoms with E-state index in [9.17, 15) is 0 Å². The Morgan fingerprint density at radius 1 is 0.271 bits per heavy atom. The summed E-state index contributed by atoms with van der Waals surface area (Å²) in [6.45, 7) is 0. The lowest BCUT2D eigenvalue weighted by molar-refractivity contribution is 0.668. The van der Waals surface area contributed by atoms with Crippen LogP contribution in [0.4, 0.5) is 17.1 Å². The van der Waals surface area contributed by atoms with E-state index in [2.05, 4.69) is 193 Å². The summed E-state index contributed by atoms with van der Waals surface area (Å²) in [7, 11) is 0. The maximum Gasteiger partial charge on any atom is 0.135 e. The quantitative estimate of drug-likeness (QED) is 0.169. The van der Waals surface area contributed by atoms with Crippen LogP contribution >= 0.6 is 0 Å². The minimum atomic E-state index is 0.889. The Labute approximate surface area is 340 Å². The Hall–Kier alpha value is -7.88. The third-order valence-electron chi connectivity index (χ3n) is 11.8. The number of hydrogen-bond acceptors (Lipinski definition) is 3. The van der Waals surface area contributed by atoms with E-state index < -0.39 is 0 Å². The van der Waals surface area contributed by atoms with Gasteiger partial charge in [0.25, 0.3) is 0 Å². The zero-order valence-corrected chi connectivity index (χ0v) is 32.0. The van der Waals surface area contributed by atoms with Crippen molar-refractivity contribution in [2.75, 3.05) is 4.90 Å². The first-order valence-electron chi connectivity index (χ1n) is 20.1. The van der Waals surface area contributed by atoms with Crippen molar-refractivity contribution in [1.82, 2.24) is 0 Å². The summed E-state index contributed by atoms with van der Waals surface area (Å²) in [6.07, 6.45) is 0. The molecule has 2 heterocycles. The number of hydrogen-bond donors (Lipinski definition) is 0. The molecule has 0 aliphatic carbocycles. The lowest BCUT2D eigenvalue weighted by Gasteiger charge is -2.28. The molecule has 12 rings (SSSR count). The van der Waals surface area contributed by atoms with Crippen molar-refractivity contribution in [3.8, 4) is 33.4 Å². The van der Waals surface area contributed by atoms with Crippen molar-refractivity contribution in [3.05, 3.63) is 212 Å². The normalized spacial score (nSPS) is 11.7.